The van der Waals surface area contributed by atoms with E-state index in [1.54, 1.807) is 0 Å². The summed E-state index contributed by atoms with van der Waals surface area (Å²) in [6.45, 7) is 7.73. The van der Waals surface area contributed by atoms with Gasteiger partial charge >= 0.3 is 0 Å². The van der Waals surface area contributed by atoms with E-state index in [2.05, 4.69) is 41.9 Å². The lowest BCUT2D eigenvalue weighted by Crippen LogP contribution is -2.34. The molecule has 96 valence electrons. The molecular formula is C14H25N3. The maximum Gasteiger partial charge on any atom is 0.0559 e. The van der Waals surface area contributed by atoms with Crippen molar-refractivity contribution >= 4 is 0 Å². The first-order valence-electron chi connectivity index (χ1n) is 7.00. The summed E-state index contributed by atoms with van der Waals surface area (Å²) >= 11 is 0. The number of nitrogens with zero attached hydrogens (tertiary/aromatic N) is 2. The highest BCUT2D eigenvalue weighted by Crippen LogP contribution is 2.38. The van der Waals surface area contributed by atoms with Gasteiger partial charge in [-0.1, -0.05) is 13.3 Å². The maximum absolute atomic E-state index is 4.46. The second kappa shape index (κ2) is 5.67. The SMILES string of the molecule is CCCNC(c1ccnn1C(C)C)C1CCC1. The van der Waals surface area contributed by atoms with Gasteiger partial charge in [0, 0.05) is 12.2 Å². The minimum Gasteiger partial charge on any atom is -0.308 e. The van der Waals surface area contributed by atoms with E-state index in [9.17, 15) is 0 Å². The molecule has 1 fully saturated rings. The summed E-state index contributed by atoms with van der Waals surface area (Å²) in [5, 5.41) is 8.17. The second-order valence-corrected chi connectivity index (χ2v) is 5.42. The van der Waals surface area contributed by atoms with Crippen LogP contribution in [-0.2, 0) is 0 Å². The minimum atomic E-state index is 0.450. The van der Waals surface area contributed by atoms with Crippen molar-refractivity contribution < 1.29 is 0 Å². The van der Waals surface area contributed by atoms with Gasteiger partial charge in [0.1, 0.15) is 0 Å². The van der Waals surface area contributed by atoms with E-state index in [1.807, 2.05) is 6.20 Å². The van der Waals surface area contributed by atoms with Crippen molar-refractivity contribution in [2.24, 2.45) is 5.92 Å². The van der Waals surface area contributed by atoms with Crippen LogP contribution in [0.25, 0.3) is 0 Å². The Labute approximate surface area is 105 Å². The molecule has 0 radical (unpaired) electrons. The molecule has 1 atom stereocenters. The maximum atomic E-state index is 4.46. The Balaban J connectivity index is 2.15. The van der Waals surface area contributed by atoms with Gasteiger partial charge in [-0.15, -0.1) is 0 Å². The van der Waals surface area contributed by atoms with Crippen molar-refractivity contribution in [3.05, 3.63) is 18.0 Å². The van der Waals surface area contributed by atoms with Crippen LogP contribution < -0.4 is 5.32 Å². The highest BCUT2D eigenvalue weighted by atomic mass is 15.3. The first-order chi connectivity index (χ1) is 8.24. The molecule has 1 aromatic rings. The molecule has 0 saturated heterocycles. The molecule has 17 heavy (non-hydrogen) atoms. The average Bonchev–Trinajstić information content (AvgIpc) is 2.69. The van der Waals surface area contributed by atoms with Crippen LogP contribution in [0.2, 0.25) is 0 Å². The smallest absolute Gasteiger partial charge is 0.0559 e. The summed E-state index contributed by atoms with van der Waals surface area (Å²) in [7, 11) is 0. The Hall–Kier alpha value is -0.830. The van der Waals surface area contributed by atoms with Crippen molar-refractivity contribution in [1.82, 2.24) is 15.1 Å². The fraction of sp³-hybridized carbons (Fsp3) is 0.786. The third-order valence-corrected chi connectivity index (χ3v) is 3.74. The van der Waals surface area contributed by atoms with Crippen molar-refractivity contribution in [1.29, 1.82) is 0 Å². The normalized spacial score (nSPS) is 18.4. The third-order valence-electron chi connectivity index (χ3n) is 3.74. The van der Waals surface area contributed by atoms with Gasteiger partial charge in [0.2, 0.25) is 0 Å². The van der Waals surface area contributed by atoms with Crippen LogP contribution in [0.5, 0.6) is 0 Å². The van der Waals surface area contributed by atoms with Crippen molar-refractivity contribution in [3.63, 3.8) is 0 Å². The van der Waals surface area contributed by atoms with Crippen LogP contribution in [0.4, 0.5) is 0 Å². The fourth-order valence-corrected chi connectivity index (χ4v) is 2.59. The molecule has 1 aromatic heterocycles. The zero-order valence-corrected chi connectivity index (χ0v) is 11.3. The molecule has 1 saturated carbocycles. The van der Waals surface area contributed by atoms with Gasteiger partial charge < -0.3 is 5.32 Å². The first-order valence-corrected chi connectivity index (χ1v) is 7.00. The zero-order chi connectivity index (χ0) is 12.3. The van der Waals surface area contributed by atoms with Gasteiger partial charge in [-0.2, -0.15) is 5.10 Å². The van der Waals surface area contributed by atoms with Crippen molar-refractivity contribution in [2.45, 2.75) is 58.5 Å². The second-order valence-electron chi connectivity index (χ2n) is 5.42. The monoisotopic (exact) mass is 235 g/mol. The Morgan fingerprint density at radius 3 is 2.76 bits per heavy atom. The quantitative estimate of drug-likeness (QED) is 0.820. The number of rotatable bonds is 6. The molecule has 0 spiro atoms. The molecular weight excluding hydrogens is 210 g/mol. The lowest BCUT2D eigenvalue weighted by atomic mass is 9.78. The molecule has 1 unspecified atom stereocenters. The van der Waals surface area contributed by atoms with Crippen molar-refractivity contribution in [3.8, 4) is 0 Å². The van der Waals surface area contributed by atoms with Crippen LogP contribution in [0.3, 0.4) is 0 Å². The summed E-state index contributed by atoms with van der Waals surface area (Å²) in [6, 6.07) is 3.14. The van der Waals surface area contributed by atoms with Crippen LogP contribution in [0, 0.1) is 5.92 Å². The summed E-state index contributed by atoms with van der Waals surface area (Å²) in [5.41, 5.74) is 1.37. The highest BCUT2D eigenvalue weighted by molar-refractivity contribution is 5.10. The molecule has 1 aliphatic rings. The lowest BCUT2D eigenvalue weighted by Gasteiger charge is -2.35. The number of aromatic nitrogens is 2. The zero-order valence-electron chi connectivity index (χ0n) is 11.3. The standard InChI is InChI=1S/C14H25N3/c1-4-9-15-14(12-6-5-7-12)13-8-10-16-17(13)11(2)3/h8,10-12,14-15H,4-7,9H2,1-3H3. The largest absolute Gasteiger partial charge is 0.308 e. The van der Waals surface area contributed by atoms with Gasteiger partial charge in [0.15, 0.2) is 0 Å². The van der Waals surface area contributed by atoms with Gasteiger partial charge in [-0.3, -0.25) is 4.68 Å². The van der Waals surface area contributed by atoms with E-state index in [0.29, 0.717) is 12.1 Å². The topological polar surface area (TPSA) is 29.9 Å². The van der Waals surface area contributed by atoms with Crippen LogP contribution in [0.15, 0.2) is 12.3 Å². The number of hydrogen-bond acceptors (Lipinski definition) is 2. The predicted molar refractivity (Wildman–Crippen MR) is 71.0 cm³/mol. The van der Waals surface area contributed by atoms with Crippen LogP contribution >= 0.6 is 0 Å². The number of hydrogen-bond donors (Lipinski definition) is 1. The van der Waals surface area contributed by atoms with E-state index < -0.39 is 0 Å². The first kappa shape index (κ1) is 12.6. The molecule has 1 heterocycles. The summed E-state index contributed by atoms with van der Waals surface area (Å²) in [4.78, 5) is 0. The molecule has 3 heteroatoms. The third kappa shape index (κ3) is 2.71. The molecule has 0 aromatic carbocycles. The lowest BCUT2D eigenvalue weighted by molar-refractivity contribution is 0.220. The molecule has 0 amide bonds. The van der Waals surface area contributed by atoms with E-state index in [1.165, 1.54) is 31.4 Å². The molecule has 2 rings (SSSR count). The van der Waals surface area contributed by atoms with E-state index >= 15 is 0 Å². The van der Waals surface area contributed by atoms with E-state index in [4.69, 9.17) is 0 Å². The van der Waals surface area contributed by atoms with Gasteiger partial charge in [-0.25, -0.2) is 0 Å². The van der Waals surface area contributed by atoms with E-state index in [0.717, 1.165) is 12.5 Å². The molecule has 0 aliphatic heterocycles. The van der Waals surface area contributed by atoms with Crippen molar-refractivity contribution in [2.75, 3.05) is 6.54 Å². The molecule has 1 aliphatic carbocycles. The highest BCUT2D eigenvalue weighted by Gasteiger charge is 2.30. The van der Waals surface area contributed by atoms with E-state index in [-0.39, 0.29) is 0 Å². The van der Waals surface area contributed by atoms with Gasteiger partial charge in [0.05, 0.1) is 11.7 Å². The fourth-order valence-electron chi connectivity index (χ4n) is 2.59. The predicted octanol–water partition coefficient (Wildman–Crippen LogP) is 3.30. The Morgan fingerprint density at radius 1 is 1.47 bits per heavy atom. The summed E-state index contributed by atoms with van der Waals surface area (Å²) < 4.78 is 2.17. The average molecular weight is 235 g/mol. The summed E-state index contributed by atoms with van der Waals surface area (Å²) in [6.07, 6.45) is 7.26. The van der Waals surface area contributed by atoms with Crippen LogP contribution in [0.1, 0.15) is 64.2 Å². The minimum absolute atomic E-state index is 0.450. The molecule has 3 nitrogen and oxygen atoms in total. The number of nitrogens with one attached hydrogen (secondary N) is 1. The molecule has 1 N–H and O–H groups in total. The Morgan fingerprint density at radius 2 is 2.24 bits per heavy atom. The van der Waals surface area contributed by atoms with Gasteiger partial charge in [0.25, 0.3) is 0 Å². The Bertz CT molecular complexity index is 339. The molecule has 0 bridgehead atoms. The summed E-state index contributed by atoms with van der Waals surface area (Å²) in [5.74, 6) is 0.816. The van der Waals surface area contributed by atoms with Crippen LogP contribution in [-0.4, -0.2) is 16.3 Å². The van der Waals surface area contributed by atoms with Gasteiger partial charge in [-0.05, 0) is 51.6 Å². The Kier molecular flexibility index (Phi) is 4.21.